The SMILES string of the molecule is CCCC[N]=[Nb]. The molecule has 0 N–H and O–H groups in total. The zero-order valence-electron chi connectivity index (χ0n) is 4.02. The minimum absolute atomic E-state index is 1.06. The van der Waals surface area contributed by atoms with E-state index in [0.29, 0.717) is 0 Å². The molecule has 0 aliphatic rings. The van der Waals surface area contributed by atoms with Crippen LogP contribution in [0.25, 0.3) is 0 Å². The molecule has 0 fully saturated rings. The third-order valence-corrected chi connectivity index (χ3v) is 1.10. The Bertz CT molecular complexity index is 36.5. The number of nitrogens with zero attached hydrogens (tertiary/aromatic N) is 1. The molecule has 0 aromatic rings. The normalized spacial score (nSPS) is 8.00. The van der Waals surface area contributed by atoms with Crippen molar-refractivity contribution in [2.45, 2.75) is 19.8 Å². The molecule has 0 aromatic heterocycles. The summed E-state index contributed by atoms with van der Waals surface area (Å²) < 4.78 is 3.98. The number of rotatable bonds is 3. The van der Waals surface area contributed by atoms with Crippen molar-refractivity contribution in [3.63, 3.8) is 0 Å². The molecule has 0 atom stereocenters. The quantitative estimate of drug-likeness (QED) is 0.443. The van der Waals surface area contributed by atoms with Crippen LogP contribution >= 0.6 is 0 Å². The van der Waals surface area contributed by atoms with Crippen LogP contribution in [0.4, 0.5) is 0 Å². The fraction of sp³-hybridized carbons (Fsp3) is 1.00. The van der Waals surface area contributed by atoms with Gasteiger partial charge in [0.2, 0.25) is 0 Å². The molecule has 0 spiro atoms. The molecule has 0 rings (SSSR count). The first kappa shape index (κ1) is 6.54. The predicted molar refractivity (Wildman–Crippen MR) is 22.2 cm³/mol. The summed E-state index contributed by atoms with van der Waals surface area (Å²) in [7, 11) is 0. The zero-order valence-corrected chi connectivity index (χ0v) is 6.21. The van der Waals surface area contributed by atoms with Gasteiger partial charge in [-0.2, -0.15) is 0 Å². The molecular formula is C4H9NNb. The molecule has 0 heterocycles. The van der Waals surface area contributed by atoms with Crippen molar-refractivity contribution in [1.82, 2.24) is 0 Å². The fourth-order valence-corrected chi connectivity index (χ4v) is 0.576. The summed E-state index contributed by atoms with van der Waals surface area (Å²) in [4.78, 5) is 0. The van der Waals surface area contributed by atoms with Gasteiger partial charge in [0.15, 0.2) is 0 Å². The minimum atomic E-state index is 1.06. The number of hydrogen-bond acceptors (Lipinski definition) is 1. The molecule has 0 amide bonds. The van der Waals surface area contributed by atoms with Crippen molar-refractivity contribution in [3.05, 3.63) is 0 Å². The summed E-state index contributed by atoms with van der Waals surface area (Å²) in [6, 6.07) is 0. The van der Waals surface area contributed by atoms with Gasteiger partial charge in [0.25, 0.3) is 0 Å². The Hall–Kier alpha value is 0.540. The van der Waals surface area contributed by atoms with E-state index in [2.05, 4.69) is 10.3 Å². The van der Waals surface area contributed by atoms with Crippen molar-refractivity contribution in [2.75, 3.05) is 6.54 Å². The van der Waals surface area contributed by atoms with Crippen molar-refractivity contribution in [2.24, 2.45) is 3.34 Å². The topological polar surface area (TPSA) is 12.4 Å². The average Bonchev–Trinajstić information content (AvgIpc) is 1.61. The van der Waals surface area contributed by atoms with E-state index in [9.17, 15) is 0 Å². The first-order chi connectivity index (χ1) is 2.91. The Morgan fingerprint density at radius 2 is 2.33 bits per heavy atom. The van der Waals surface area contributed by atoms with E-state index >= 15 is 0 Å². The maximum absolute atomic E-state index is 3.98. The summed E-state index contributed by atoms with van der Waals surface area (Å²) in [6.07, 6.45) is 2.53. The fourth-order valence-electron chi connectivity index (χ4n) is 0.229. The standard InChI is InChI=1S/C4H9N.Nb/c1-2-3-4-5;/h2-4H2,1H3;. The third-order valence-electron chi connectivity index (χ3n) is 0.612. The van der Waals surface area contributed by atoms with Crippen molar-refractivity contribution >= 4 is 0 Å². The second-order valence-corrected chi connectivity index (χ2v) is 1.91. The average molecular weight is 164 g/mol. The molecule has 0 aromatic carbocycles. The Labute approximate surface area is 50.9 Å². The zero-order chi connectivity index (χ0) is 4.83. The Morgan fingerprint density at radius 1 is 1.67 bits per heavy atom. The van der Waals surface area contributed by atoms with Crippen LogP contribution in [0.5, 0.6) is 0 Å². The Balaban J connectivity index is 2.49. The number of hydrogen-bond donors (Lipinski definition) is 0. The van der Waals surface area contributed by atoms with Crippen LogP contribution in [0.2, 0.25) is 0 Å². The first-order valence-corrected chi connectivity index (χ1v) is 3.21. The van der Waals surface area contributed by atoms with Gasteiger partial charge < -0.3 is 0 Å². The van der Waals surface area contributed by atoms with Crippen LogP contribution in [-0.4, -0.2) is 6.54 Å². The van der Waals surface area contributed by atoms with E-state index < -0.39 is 0 Å². The third kappa shape index (κ3) is 4.54. The molecule has 2 heteroatoms. The first-order valence-electron chi connectivity index (χ1n) is 2.22. The second kappa shape index (κ2) is 5.54. The molecule has 6 heavy (non-hydrogen) atoms. The summed E-state index contributed by atoms with van der Waals surface area (Å²) in [5.74, 6) is 0. The van der Waals surface area contributed by atoms with Gasteiger partial charge in [-0.15, -0.1) is 0 Å². The maximum atomic E-state index is 3.98. The van der Waals surface area contributed by atoms with Crippen LogP contribution in [0, 0.1) is 0 Å². The van der Waals surface area contributed by atoms with E-state index in [1.54, 1.807) is 20.9 Å². The summed E-state index contributed by atoms with van der Waals surface area (Å²) in [5.41, 5.74) is 0. The van der Waals surface area contributed by atoms with Gasteiger partial charge in [0.1, 0.15) is 0 Å². The van der Waals surface area contributed by atoms with Crippen LogP contribution in [0.1, 0.15) is 19.8 Å². The van der Waals surface area contributed by atoms with Crippen LogP contribution in [-0.2, 0) is 20.9 Å². The van der Waals surface area contributed by atoms with Crippen LogP contribution < -0.4 is 0 Å². The Morgan fingerprint density at radius 3 is 2.50 bits per heavy atom. The summed E-state index contributed by atoms with van der Waals surface area (Å²) >= 11 is 1.56. The molecule has 0 bridgehead atoms. The van der Waals surface area contributed by atoms with E-state index in [4.69, 9.17) is 0 Å². The molecule has 0 unspecified atom stereocenters. The van der Waals surface area contributed by atoms with Gasteiger partial charge in [-0.3, -0.25) is 0 Å². The van der Waals surface area contributed by atoms with E-state index in [-0.39, 0.29) is 0 Å². The van der Waals surface area contributed by atoms with Gasteiger partial charge in [-0.05, 0) is 0 Å². The van der Waals surface area contributed by atoms with E-state index in [0.717, 1.165) is 6.54 Å². The molecular weight excluding hydrogens is 155 g/mol. The molecule has 0 aliphatic carbocycles. The molecule has 0 radical (unpaired) electrons. The van der Waals surface area contributed by atoms with E-state index in [1.807, 2.05) is 0 Å². The summed E-state index contributed by atoms with van der Waals surface area (Å²) in [5, 5.41) is 0. The van der Waals surface area contributed by atoms with Crippen LogP contribution in [0.15, 0.2) is 3.34 Å². The Kier molecular flexibility index (Phi) is 6.04. The number of unbranched alkanes of at least 4 members (excludes halogenated alkanes) is 1. The summed E-state index contributed by atoms with van der Waals surface area (Å²) in [6.45, 7) is 3.24. The van der Waals surface area contributed by atoms with Gasteiger partial charge in [0.05, 0.1) is 0 Å². The van der Waals surface area contributed by atoms with Crippen LogP contribution in [0.3, 0.4) is 0 Å². The van der Waals surface area contributed by atoms with Gasteiger partial charge >= 0.3 is 50.5 Å². The van der Waals surface area contributed by atoms with Crippen molar-refractivity contribution in [1.29, 1.82) is 0 Å². The monoisotopic (exact) mass is 164 g/mol. The molecule has 1 nitrogen and oxygen atoms in total. The molecule has 0 saturated heterocycles. The van der Waals surface area contributed by atoms with Gasteiger partial charge in [-0.25, -0.2) is 0 Å². The van der Waals surface area contributed by atoms with E-state index in [1.165, 1.54) is 12.8 Å². The van der Waals surface area contributed by atoms with Crippen molar-refractivity contribution < 1.29 is 20.9 Å². The molecule has 35 valence electrons. The van der Waals surface area contributed by atoms with Gasteiger partial charge in [0, 0.05) is 0 Å². The second-order valence-electron chi connectivity index (χ2n) is 1.22. The molecule has 0 aliphatic heterocycles. The van der Waals surface area contributed by atoms with Gasteiger partial charge in [-0.1, -0.05) is 0 Å². The van der Waals surface area contributed by atoms with Crippen molar-refractivity contribution in [3.8, 4) is 0 Å². The predicted octanol–water partition coefficient (Wildman–Crippen LogP) is 1.52. The molecule has 0 saturated carbocycles.